The second kappa shape index (κ2) is 31.7. The van der Waals surface area contributed by atoms with Gasteiger partial charge in [0.1, 0.15) is 54.4 Å². The topological polar surface area (TPSA) is 461 Å². The maximum absolute atomic E-state index is 14.2. The molecule has 0 saturated carbocycles. The highest BCUT2D eigenvalue weighted by molar-refractivity contribution is 5.98. The van der Waals surface area contributed by atoms with Gasteiger partial charge in [-0.25, -0.2) is 4.79 Å². The highest BCUT2D eigenvalue weighted by Crippen LogP contribution is 2.11. The van der Waals surface area contributed by atoms with E-state index < -0.39 is 151 Å². The van der Waals surface area contributed by atoms with Gasteiger partial charge in [-0.05, 0) is 63.4 Å². The van der Waals surface area contributed by atoms with E-state index in [1.54, 1.807) is 44.2 Å². The third kappa shape index (κ3) is 23.9. The van der Waals surface area contributed by atoms with Crippen LogP contribution >= 0.6 is 0 Å². The number of nitrogens with one attached hydrogen (secondary N) is 8. The molecule has 27 heteroatoms. The van der Waals surface area contributed by atoms with Crippen LogP contribution in [0.25, 0.3) is 0 Å². The number of benzene rings is 1. The zero-order chi connectivity index (χ0) is 54.8. The van der Waals surface area contributed by atoms with Crippen LogP contribution < -0.4 is 65.5 Å². The van der Waals surface area contributed by atoms with Crippen molar-refractivity contribution in [1.82, 2.24) is 42.5 Å². The number of aliphatic hydroxyl groups excluding tert-OH is 1. The molecule has 402 valence electrons. The Hall–Kier alpha value is -7.42. The van der Waals surface area contributed by atoms with Crippen LogP contribution in [-0.2, 0) is 59.2 Å². The van der Waals surface area contributed by atoms with Gasteiger partial charge in [0.05, 0.1) is 6.61 Å². The van der Waals surface area contributed by atoms with Gasteiger partial charge in [0, 0.05) is 25.8 Å². The molecule has 1 rings (SSSR count). The summed E-state index contributed by atoms with van der Waals surface area (Å²) in [6.07, 6.45) is -2.05. The third-order valence-corrected chi connectivity index (χ3v) is 10.7. The Balaban J connectivity index is 3.49. The monoisotopic (exact) mass is 1020 g/mol. The number of guanidine groups is 1. The van der Waals surface area contributed by atoms with Crippen molar-refractivity contribution in [3.05, 3.63) is 35.9 Å². The molecular weight excluding hydrogens is 947 g/mol. The molecule has 9 amide bonds. The van der Waals surface area contributed by atoms with Gasteiger partial charge in [-0.15, -0.1) is 0 Å². The van der Waals surface area contributed by atoms with Crippen LogP contribution in [0.15, 0.2) is 35.3 Å². The van der Waals surface area contributed by atoms with Gasteiger partial charge in [0.2, 0.25) is 53.2 Å². The Morgan fingerprint density at radius 2 is 1.00 bits per heavy atom. The van der Waals surface area contributed by atoms with Crippen molar-refractivity contribution in [1.29, 1.82) is 0 Å². The lowest BCUT2D eigenvalue weighted by molar-refractivity contribution is -0.144. The molecule has 27 nitrogen and oxygen atoms in total. The van der Waals surface area contributed by atoms with E-state index in [1.165, 1.54) is 27.7 Å². The molecule has 19 N–H and O–H groups in total. The molecule has 0 aliphatic rings. The zero-order valence-corrected chi connectivity index (χ0v) is 41.4. The number of carbonyl (C=O) groups is 11. The molecule has 9 atom stereocenters. The standard InChI is InChI=1S/C45H73N13O14/c1-22(2)19-31(56-36(63)24(5)51-38(65)27(46)21-59)42(69)55-29(14-16-33(47)60)39(66)52-25(6)37(64)57-32(20-26-11-8-7-9-12-26)43(70)53-28(13-10-18-50-45(48)49)40(67)54-30(15-17-34(61)62)41(68)58-35(23(3)4)44(71)72/h7-9,11-12,22-25,27-32,35,59H,10,13-21,46H2,1-6H3,(H2,47,60)(H,51,65)(H,52,66)(H,53,70)(H,54,67)(H,55,69)(H,56,63)(H,57,64)(H,58,68)(H,61,62)(H,71,72)(H4,48,49,50)/t24-,25-,27-,28-,29-,30-,31-,32-,35-/m0/s1. The van der Waals surface area contributed by atoms with Crippen molar-refractivity contribution in [2.45, 2.75) is 147 Å². The molecule has 0 fully saturated rings. The fourth-order valence-electron chi connectivity index (χ4n) is 6.65. The van der Waals surface area contributed by atoms with Crippen molar-refractivity contribution in [3.63, 3.8) is 0 Å². The first-order valence-electron chi connectivity index (χ1n) is 23.3. The van der Waals surface area contributed by atoms with E-state index in [2.05, 4.69) is 47.5 Å². The van der Waals surface area contributed by atoms with Crippen molar-refractivity contribution < 1.29 is 68.1 Å². The number of carbonyl (C=O) groups excluding carboxylic acids is 9. The van der Waals surface area contributed by atoms with E-state index in [0.717, 1.165) is 0 Å². The second-order valence-corrected chi connectivity index (χ2v) is 17.8. The van der Waals surface area contributed by atoms with E-state index in [-0.39, 0.29) is 50.5 Å². The number of aliphatic imine (C=N–C) groups is 1. The Morgan fingerprint density at radius 1 is 0.556 bits per heavy atom. The van der Waals surface area contributed by atoms with E-state index in [0.29, 0.717) is 5.56 Å². The number of nitrogens with two attached hydrogens (primary N) is 4. The summed E-state index contributed by atoms with van der Waals surface area (Å²) in [7, 11) is 0. The van der Waals surface area contributed by atoms with Crippen molar-refractivity contribution in [2.24, 2.45) is 39.8 Å². The molecule has 0 aliphatic heterocycles. The number of aliphatic carboxylic acids is 2. The first-order valence-corrected chi connectivity index (χ1v) is 23.3. The first kappa shape index (κ1) is 62.6. The second-order valence-electron chi connectivity index (χ2n) is 17.8. The average molecular weight is 1020 g/mol. The number of primary amides is 1. The Morgan fingerprint density at radius 3 is 1.47 bits per heavy atom. The lowest BCUT2D eigenvalue weighted by Gasteiger charge is -2.27. The smallest absolute Gasteiger partial charge is 0.326 e. The predicted octanol–water partition coefficient (Wildman–Crippen LogP) is -4.56. The van der Waals surface area contributed by atoms with Crippen LogP contribution in [0.3, 0.4) is 0 Å². The van der Waals surface area contributed by atoms with Crippen LogP contribution in [0.2, 0.25) is 0 Å². The SMILES string of the molecule is CC(C)C[C@H](NC(=O)[C@H](C)NC(=O)[C@@H](N)CO)C(=O)N[C@@H](CCC(N)=O)C(=O)N[C@@H](C)C(=O)N[C@@H](Cc1ccccc1)C(=O)N[C@@H](CCCN=C(N)N)C(=O)N[C@@H](CCC(=O)O)C(=O)N[C@H](C(=O)O)C(C)C. The fraction of sp³-hybridized carbons (Fsp3) is 0.600. The molecule has 72 heavy (non-hydrogen) atoms. The van der Waals surface area contributed by atoms with Gasteiger partial charge in [0.25, 0.3) is 0 Å². The minimum absolute atomic E-state index is 0.0184. The first-order chi connectivity index (χ1) is 33.7. The number of aliphatic hydroxyl groups is 1. The molecule has 0 bridgehead atoms. The average Bonchev–Trinajstić information content (AvgIpc) is 3.30. The Labute approximate surface area is 416 Å². The number of nitrogens with zero attached hydrogens (tertiary/aromatic N) is 1. The van der Waals surface area contributed by atoms with Gasteiger partial charge in [-0.2, -0.15) is 0 Å². The van der Waals surface area contributed by atoms with Gasteiger partial charge in [0.15, 0.2) is 5.96 Å². The molecule has 0 radical (unpaired) electrons. The normalized spacial score (nSPS) is 14.8. The third-order valence-electron chi connectivity index (χ3n) is 10.7. The van der Waals surface area contributed by atoms with E-state index in [1.807, 2.05) is 0 Å². The number of rotatable bonds is 33. The molecule has 0 heterocycles. The summed E-state index contributed by atoms with van der Waals surface area (Å²) in [6, 6.07) is -4.33. The lowest BCUT2D eigenvalue weighted by Crippen LogP contribution is -2.60. The number of hydrogen-bond acceptors (Lipinski definition) is 14. The largest absolute Gasteiger partial charge is 0.481 e. The zero-order valence-electron chi connectivity index (χ0n) is 41.4. The minimum Gasteiger partial charge on any atom is -0.481 e. The van der Waals surface area contributed by atoms with Gasteiger partial charge in [-0.3, -0.25) is 52.9 Å². The van der Waals surface area contributed by atoms with E-state index >= 15 is 0 Å². The quantitative estimate of drug-likeness (QED) is 0.0179. The highest BCUT2D eigenvalue weighted by atomic mass is 16.4. The fourth-order valence-corrected chi connectivity index (χ4v) is 6.65. The summed E-state index contributed by atoms with van der Waals surface area (Å²) >= 11 is 0. The number of amides is 9. The Bertz CT molecular complexity index is 2070. The summed E-state index contributed by atoms with van der Waals surface area (Å²) in [5.41, 5.74) is 22.3. The molecule has 0 spiro atoms. The predicted molar refractivity (Wildman–Crippen MR) is 259 cm³/mol. The number of carboxylic acids is 2. The number of hydrogen-bond donors (Lipinski definition) is 15. The van der Waals surface area contributed by atoms with Crippen LogP contribution in [0.4, 0.5) is 0 Å². The van der Waals surface area contributed by atoms with Gasteiger partial charge >= 0.3 is 11.9 Å². The van der Waals surface area contributed by atoms with Crippen LogP contribution in [0.5, 0.6) is 0 Å². The molecule has 0 aromatic heterocycles. The number of carboxylic acid groups (broad SMARTS) is 2. The maximum Gasteiger partial charge on any atom is 0.326 e. The van der Waals surface area contributed by atoms with Crippen LogP contribution in [0, 0.1) is 11.8 Å². The van der Waals surface area contributed by atoms with E-state index in [9.17, 15) is 68.1 Å². The van der Waals surface area contributed by atoms with Crippen LogP contribution in [0.1, 0.15) is 92.1 Å². The summed E-state index contributed by atoms with van der Waals surface area (Å²) < 4.78 is 0. The van der Waals surface area contributed by atoms with Gasteiger partial charge < -0.3 is 80.8 Å². The van der Waals surface area contributed by atoms with Crippen molar-refractivity contribution in [2.75, 3.05) is 13.2 Å². The minimum atomic E-state index is -1.58. The molecular formula is C45H73N13O14. The molecule has 0 aliphatic carbocycles. The summed E-state index contributed by atoms with van der Waals surface area (Å²) in [5, 5.41) is 47.8. The summed E-state index contributed by atoms with van der Waals surface area (Å²) in [5.74, 6) is -11.9. The van der Waals surface area contributed by atoms with Gasteiger partial charge in [-0.1, -0.05) is 58.0 Å². The van der Waals surface area contributed by atoms with Crippen molar-refractivity contribution >= 4 is 71.1 Å². The Kier molecular flexibility index (Phi) is 27.6. The molecule has 0 saturated heterocycles. The van der Waals surface area contributed by atoms with E-state index in [4.69, 9.17) is 22.9 Å². The summed E-state index contributed by atoms with van der Waals surface area (Å²) in [6.45, 7) is 8.42. The summed E-state index contributed by atoms with van der Waals surface area (Å²) in [4.78, 5) is 147. The van der Waals surface area contributed by atoms with Crippen LogP contribution in [-0.4, -0.2) is 154 Å². The highest BCUT2D eigenvalue weighted by Gasteiger charge is 2.35. The lowest BCUT2D eigenvalue weighted by atomic mass is 10.0. The van der Waals surface area contributed by atoms with Crippen molar-refractivity contribution in [3.8, 4) is 0 Å². The molecule has 1 aromatic rings. The molecule has 0 unspecified atom stereocenters. The molecule has 1 aromatic carbocycles. The maximum atomic E-state index is 14.2.